The molecule has 0 aliphatic carbocycles. The lowest BCUT2D eigenvalue weighted by Crippen LogP contribution is -2.39. The number of alkyl halides is 3. The van der Waals surface area contributed by atoms with E-state index in [0.717, 1.165) is 54.6 Å². The van der Waals surface area contributed by atoms with Crippen LogP contribution in [-0.4, -0.2) is 67.1 Å². The number of carboxylic acid groups (broad SMARTS) is 1. The zero-order chi connectivity index (χ0) is 27.7. The molecule has 5 rings (SSSR count). The van der Waals surface area contributed by atoms with Crippen molar-refractivity contribution in [3.8, 4) is 0 Å². The average molecular weight is 554 g/mol. The number of likely N-dealkylation sites (tertiary alicyclic amines) is 2. The number of nitrogens with zero attached hydrogens (tertiary/aromatic N) is 5. The van der Waals surface area contributed by atoms with E-state index >= 15 is 0 Å². The number of hydrogen-bond acceptors (Lipinski definition) is 7. The third kappa shape index (κ3) is 5.93. The maximum Gasteiger partial charge on any atom is 0.490 e. The highest BCUT2D eigenvalue weighted by molar-refractivity contribution is 7.09. The first kappa shape index (κ1) is 27.8. The van der Waals surface area contributed by atoms with Gasteiger partial charge in [-0.15, -0.1) is 11.3 Å². The van der Waals surface area contributed by atoms with Crippen LogP contribution in [0.2, 0.25) is 0 Å². The van der Waals surface area contributed by atoms with Crippen LogP contribution in [0.3, 0.4) is 0 Å². The highest BCUT2D eigenvalue weighted by atomic mass is 32.1. The molecule has 2 aliphatic rings. The number of rotatable bonds is 6. The van der Waals surface area contributed by atoms with Crippen LogP contribution in [0, 0.1) is 12.3 Å². The molecule has 206 valence electrons. The van der Waals surface area contributed by atoms with Crippen LogP contribution in [0.5, 0.6) is 0 Å². The summed E-state index contributed by atoms with van der Waals surface area (Å²) < 4.78 is 39.1. The van der Waals surface area contributed by atoms with E-state index in [-0.39, 0.29) is 11.8 Å². The van der Waals surface area contributed by atoms with E-state index in [2.05, 4.69) is 39.9 Å². The number of furan rings is 1. The summed E-state index contributed by atoms with van der Waals surface area (Å²) in [6, 6.07) is 2.35. The Morgan fingerprint density at radius 2 is 2.08 bits per heavy atom. The quantitative estimate of drug-likeness (QED) is 0.480. The largest absolute Gasteiger partial charge is 0.490 e. The lowest BCUT2D eigenvalue weighted by atomic mass is 9.75. The maximum absolute atomic E-state index is 13.8. The van der Waals surface area contributed by atoms with Gasteiger partial charge in [0.1, 0.15) is 0 Å². The lowest BCUT2D eigenvalue weighted by Gasteiger charge is -2.28. The molecule has 3 aromatic heterocycles. The van der Waals surface area contributed by atoms with Crippen molar-refractivity contribution in [1.29, 1.82) is 0 Å². The predicted octanol–water partition coefficient (Wildman–Crippen LogP) is 4.47. The van der Waals surface area contributed by atoms with Gasteiger partial charge in [0.25, 0.3) is 0 Å². The zero-order valence-electron chi connectivity index (χ0n) is 21.3. The summed E-state index contributed by atoms with van der Waals surface area (Å²) in [5.74, 6) is -2.42. The first-order valence-corrected chi connectivity index (χ1v) is 13.0. The van der Waals surface area contributed by atoms with Crippen LogP contribution < -0.4 is 0 Å². The summed E-state index contributed by atoms with van der Waals surface area (Å²) in [6.07, 6.45) is 3.32. The number of hydrogen-bond donors (Lipinski definition) is 1. The Bertz CT molecular complexity index is 1260. The number of thiazole rings is 1. The summed E-state index contributed by atoms with van der Waals surface area (Å²) in [5, 5.41) is 10.2. The number of aliphatic carboxylic acids is 1. The minimum Gasteiger partial charge on any atom is -0.475 e. The van der Waals surface area contributed by atoms with Crippen LogP contribution in [0.1, 0.15) is 54.2 Å². The number of carbonyl (C=O) groups excluding carboxylic acids is 1. The van der Waals surface area contributed by atoms with E-state index < -0.39 is 17.6 Å². The molecule has 2 atom stereocenters. The standard InChI is InChI=1S/C23H29N5O2S.C2HF3O2/c1-16(2)28-11-21(24-15-28)20-10-26(8-18-4-7-30-12-18)14-23(20)5-6-27(22(23)29)9-19-13-31-17(3)25-19;3-2(4,5)1(6)7/h4,7,11-13,15-16,20H,5-6,8-10,14H2,1-3H3;(H,6,7). The van der Waals surface area contributed by atoms with E-state index in [1.165, 1.54) is 0 Å². The average Bonchev–Trinajstić information content (AvgIpc) is 3.65. The Morgan fingerprint density at radius 3 is 2.63 bits per heavy atom. The molecule has 9 nitrogen and oxygen atoms in total. The van der Waals surface area contributed by atoms with Gasteiger partial charge in [0.05, 0.1) is 47.2 Å². The van der Waals surface area contributed by atoms with Crippen LogP contribution in [0.25, 0.3) is 0 Å². The van der Waals surface area contributed by atoms with Gasteiger partial charge in [0, 0.05) is 55.3 Å². The van der Waals surface area contributed by atoms with E-state index in [1.54, 1.807) is 23.9 Å². The van der Waals surface area contributed by atoms with Gasteiger partial charge >= 0.3 is 12.1 Å². The van der Waals surface area contributed by atoms with Crippen LogP contribution in [0.4, 0.5) is 13.2 Å². The third-order valence-corrected chi connectivity index (χ3v) is 7.80. The Hall–Kier alpha value is -3.19. The fourth-order valence-electron chi connectivity index (χ4n) is 5.11. The monoisotopic (exact) mass is 553 g/mol. The van der Waals surface area contributed by atoms with Gasteiger partial charge in [-0.2, -0.15) is 13.2 Å². The summed E-state index contributed by atoms with van der Waals surface area (Å²) >= 11 is 1.64. The molecule has 3 aromatic rings. The molecule has 2 aliphatic heterocycles. The van der Waals surface area contributed by atoms with E-state index in [1.807, 2.05) is 24.2 Å². The number of aromatic nitrogens is 3. The molecule has 2 fully saturated rings. The highest BCUT2D eigenvalue weighted by Crippen LogP contribution is 2.50. The van der Waals surface area contributed by atoms with Crippen molar-refractivity contribution >= 4 is 23.2 Å². The maximum atomic E-state index is 13.8. The second kappa shape index (κ2) is 10.9. The molecule has 0 aromatic carbocycles. The van der Waals surface area contributed by atoms with Crippen LogP contribution in [-0.2, 0) is 22.7 Å². The second-order valence-electron chi connectivity index (χ2n) is 9.99. The molecular formula is C25H30F3N5O4S. The number of carboxylic acids is 1. The molecule has 0 saturated carbocycles. The normalized spacial score (nSPS) is 21.9. The molecule has 13 heteroatoms. The van der Waals surface area contributed by atoms with E-state index in [9.17, 15) is 18.0 Å². The van der Waals surface area contributed by atoms with Crippen molar-refractivity contribution in [3.63, 3.8) is 0 Å². The molecule has 1 spiro atoms. The summed E-state index contributed by atoms with van der Waals surface area (Å²) in [7, 11) is 0. The Labute approximate surface area is 221 Å². The van der Waals surface area contributed by atoms with Gasteiger partial charge < -0.3 is 19.0 Å². The van der Waals surface area contributed by atoms with Gasteiger partial charge in [-0.3, -0.25) is 9.69 Å². The topological polar surface area (TPSA) is 105 Å². The van der Waals surface area contributed by atoms with E-state index in [4.69, 9.17) is 19.3 Å². The zero-order valence-corrected chi connectivity index (χ0v) is 22.1. The Morgan fingerprint density at radius 1 is 1.34 bits per heavy atom. The van der Waals surface area contributed by atoms with Crippen molar-refractivity contribution < 1.29 is 32.3 Å². The van der Waals surface area contributed by atoms with E-state index in [0.29, 0.717) is 12.6 Å². The van der Waals surface area contributed by atoms with Gasteiger partial charge in [-0.05, 0) is 33.3 Å². The number of aryl methyl sites for hydroxylation is 1. The number of imidazole rings is 1. The minimum absolute atomic E-state index is 0.0917. The molecule has 38 heavy (non-hydrogen) atoms. The Balaban J connectivity index is 0.000000426. The smallest absolute Gasteiger partial charge is 0.475 e. The van der Waals surface area contributed by atoms with Crippen molar-refractivity contribution in [1.82, 2.24) is 24.3 Å². The lowest BCUT2D eigenvalue weighted by molar-refractivity contribution is -0.192. The highest BCUT2D eigenvalue weighted by Gasteiger charge is 2.57. The molecule has 2 unspecified atom stereocenters. The predicted molar refractivity (Wildman–Crippen MR) is 132 cm³/mol. The Kier molecular flexibility index (Phi) is 7.98. The first-order chi connectivity index (χ1) is 17.9. The minimum atomic E-state index is -5.08. The molecular weight excluding hydrogens is 523 g/mol. The summed E-state index contributed by atoms with van der Waals surface area (Å²) in [6.45, 7) is 10.1. The molecule has 2 saturated heterocycles. The van der Waals surface area contributed by atoms with Crippen molar-refractivity contribution in [2.75, 3.05) is 19.6 Å². The van der Waals surface area contributed by atoms with Crippen molar-refractivity contribution in [2.45, 2.75) is 58.4 Å². The number of carbonyl (C=O) groups is 2. The fraction of sp³-hybridized carbons (Fsp3) is 0.520. The number of halogens is 3. The van der Waals surface area contributed by atoms with Crippen LogP contribution >= 0.6 is 11.3 Å². The fourth-order valence-corrected chi connectivity index (χ4v) is 5.72. The third-order valence-electron chi connectivity index (χ3n) is 6.98. The summed E-state index contributed by atoms with van der Waals surface area (Å²) in [4.78, 5) is 36.4. The molecule has 0 radical (unpaired) electrons. The number of amides is 1. The van der Waals surface area contributed by atoms with Crippen molar-refractivity contribution in [3.05, 3.63) is 58.5 Å². The molecule has 1 N–H and O–H groups in total. The SMILES string of the molecule is Cc1nc(CN2CCC3(CN(Cc4ccoc4)CC3c3cn(C(C)C)cn3)C2=O)cs1.O=C(O)C(F)(F)F. The van der Waals surface area contributed by atoms with Gasteiger partial charge in [0.15, 0.2) is 0 Å². The van der Waals surface area contributed by atoms with Gasteiger partial charge in [-0.25, -0.2) is 14.8 Å². The second-order valence-corrected chi connectivity index (χ2v) is 11.0. The van der Waals surface area contributed by atoms with Gasteiger partial charge in [-0.1, -0.05) is 0 Å². The first-order valence-electron chi connectivity index (χ1n) is 12.2. The van der Waals surface area contributed by atoms with Crippen LogP contribution in [0.15, 0.2) is 40.9 Å². The van der Waals surface area contributed by atoms with Crippen molar-refractivity contribution in [2.24, 2.45) is 5.41 Å². The molecule has 1 amide bonds. The van der Waals surface area contributed by atoms with Gasteiger partial charge in [0.2, 0.25) is 5.91 Å². The summed E-state index contributed by atoms with van der Waals surface area (Å²) in [5.41, 5.74) is 2.74. The molecule has 5 heterocycles. The molecule has 0 bridgehead atoms.